The van der Waals surface area contributed by atoms with E-state index in [0.29, 0.717) is 16.3 Å². The standard InChI is InChI=1S/C22H34N4O5S/c1-16(2)17-12-18(20(31-15-28-4)13-19(17)30-14-27-3)21-23-24-22(32)26(21)7-5-6-25-8-10-29-11-9-25/h12-13,16H,5-11,14-15H2,1-4H3,(H,24,32). The number of aromatic amines is 1. The summed E-state index contributed by atoms with van der Waals surface area (Å²) < 4.78 is 30.0. The Hall–Kier alpha value is -1.98. The number of aromatic nitrogens is 3. The molecule has 1 aliphatic heterocycles. The first-order valence-electron chi connectivity index (χ1n) is 10.9. The van der Waals surface area contributed by atoms with Gasteiger partial charge in [0.1, 0.15) is 11.5 Å². The third-order valence-corrected chi connectivity index (χ3v) is 5.67. The molecule has 1 N–H and O–H groups in total. The first-order valence-corrected chi connectivity index (χ1v) is 11.3. The van der Waals surface area contributed by atoms with Crippen molar-refractivity contribution in [1.82, 2.24) is 19.7 Å². The Morgan fingerprint density at radius 1 is 1.06 bits per heavy atom. The number of H-pyrrole nitrogens is 1. The number of benzene rings is 1. The lowest BCUT2D eigenvalue weighted by Gasteiger charge is -2.26. The molecule has 2 heterocycles. The lowest BCUT2D eigenvalue weighted by molar-refractivity contribution is 0.0369. The predicted octanol–water partition coefficient (Wildman–Crippen LogP) is 3.42. The van der Waals surface area contributed by atoms with Crippen molar-refractivity contribution >= 4 is 12.2 Å². The quantitative estimate of drug-likeness (QED) is 0.376. The molecule has 1 aliphatic rings. The highest BCUT2D eigenvalue weighted by Gasteiger charge is 2.20. The molecule has 0 radical (unpaired) electrons. The number of rotatable bonds is 12. The van der Waals surface area contributed by atoms with E-state index < -0.39 is 0 Å². The molecule has 1 fully saturated rings. The third kappa shape index (κ3) is 6.29. The minimum atomic E-state index is 0.111. The van der Waals surface area contributed by atoms with E-state index in [1.807, 2.05) is 10.6 Å². The van der Waals surface area contributed by atoms with Crippen LogP contribution in [0, 0.1) is 4.77 Å². The van der Waals surface area contributed by atoms with E-state index in [0.717, 1.165) is 62.8 Å². The maximum absolute atomic E-state index is 5.89. The Kier molecular flexibility index (Phi) is 9.49. The van der Waals surface area contributed by atoms with Crippen molar-refractivity contribution in [3.63, 3.8) is 0 Å². The summed E-state index contributed by atoms with van der Waals surface area (Å²) in [7, 11) is 3.19. The van der Waals surface area contributed by atoms with E-state index in [-0.39, 0.29) is 19.5 Å². The van der Waals surface area contributed by atoms with E-state index in [1.165, 1.54) is 0 Å². The molecule has 3 rings (SSSR count). The normalized spacial score (nSPS) is 14.8. The summed E-state index contributed by atoms with van der Waals surface area (Å²) in [5, 5.41) is 7.49. The summed E-state index contributed by atoms with van der Waals surface area (Å²) in [5.74, 6) is 2.30. The van der Waals surface area contributed by atoms with E-state index in [1.54, 1.807) is 14.2 Å². The second-order valence-electron chi connectivity index (χ2n) is 7.95. The van der Waals surface area contributed by atoms with Crippen LogP contribution < -0.4 is 9.47 Å². The van der Waals surface area contributed by atoms with Crippen LogP contribution in [0.25, 0.3) is 11.4 Å². The molecule has 1 aromatic carbocycles. The minimum absolute atomic E-state index is 0.111. The molecule has 0 aliphatic carbocycles. The van der Waals surface area contributed by atoms with Crippen molar-refractivity contribution in [3.05, 3.63) is 22.5 Å². The fraction of sp³-hybridized carbons (Fsp3) is 0.636. The van der Waals surface area contributed by atoms with Crippen LogP contribution >= 0.6 is 12.2 Å². The van der Waals surface area contributed by atoms with Gasteiger partial charge in [-0.25, -0.2) is 0 Å². The largest absolute Gasteiger partial charge is 0.467 e. The zero-order chi connectivity index (χ0) is 22.9. The monoisotopic (exact) mass is 466 g/mol. The lowest BCUT2D eigenvalue weighted by atomic mass is 9.98. The average molecular weight is 467 g/mol. The summed E-state index contributed by atoms with van der Waals surface area (Å²) in [6, 6.07) is 3.93. The van der Waals surface area contributed by atoms with Crippen LogP contribution in [0.2, 0.25) is 0 Å². The van der Waals surface area contributed by atoms with Crippen molar-refractivity contribution in [2.24, 2.45) is 0 Å². The highest BCUT2D eigenvalue weighted by Crippen LogP contribution is 2.38. The van der Waals surface area contributed by atoms with Crippen LogP contribution in [0.15, 0.2) is 12.1 Å². The second kappa shape index (κ2) is 12.3. The topological polar surface area (TPSA) is 83.0 Å². The summed E-state index contributed by atoms with van der Waals surface area (Å²) in [5.41, 5.74) is 1.88. The molecule has 32 heavy (non-hydrogen) atoms. The Morgan fingerprint density at radius 3 is 2.41 bits per heavy atom. The molecule has 1 saturated heterocycles. The van der Waals surface area contributed by atoms with Crippen molar-refractivity contribution in [1.29, 1.82) is 0 Å². The summed E-state index contributed by atoms with van der Waals surface area (Å²) in [6.07, 6.45) is 0.959. The Labute approximate surface area is 194 Å². The van der Waals surface area contributed by atoms with Gasteiger partial charge in [-0.2, -0.15) is 5.10 Å². The maximum Gasteiger partial charge on any atom is 0.195 e. The minimum Gasteiger partial charge on any atom is -0.467 e. The number of nitrogens with one attached hydrogen (secondary N) is 1. The average Bonchev–Trinajstić information content (AvgIpc) is 3.16. The lowest BCUT2D eigenvalue weighted by Crippen LogP contribution is -2.37. The highest BCUT2D eigenvalue weighted by molar-refractivity contribution is 7.71. The first kappa shape index (κ1) is 24.7. The molecular weight excluding hydrogens is 432 g/mol. The van der Waals surface area contributed by atoms with E-state index in [4.69, 9.17) is 35.9 Å². The molecule has 0 atom stereocenters. The van der Waals surface area contributed by atoms with Gasteiger partial charge in [-0.1, -0.05) is 13.8 Å². The molecular formula is C22H34N4O5S. The number of hydrogen-bond acceptors (Lipinski definition) is 8. The number of ether oxygens (including phenoxy) is 5. The molecule has 0 saturated carbocycles. The van der Waals surface area contributed by atoms with E-state index in [2.05, 4.69) is 35.0 Å². The van der Waals surface area contributed by atoms with Gasteiger partial charge in [-0.05, 0) is 36.2 Å². The van der Waals surface area contributed by atoms with Gasteiger partial charge in [0.15, 0.2) is 24.2 Å². The van der Waals surface area contributed by atoms with Crippen LogP contribution in [-0.2, 0) is 20.8 Å². The van der Waals surface area contributed by atoms with Gasteiger partial charge >= 0.3 is 0 Å². The number of morpholine rings is 1. The second-order valence-corrected chi connectivity index (χ2v) is 8.34. The van der Waals surface area contributed by atoms with E-state index in [9.17, 15) is 0 Å². The number of nitrogens with zero attached hydrogens (tertiary/aromatic N) is 3. The molecule has 1 aromatic heterocycles. The smallest absolute Gasteiger partial charge is 0.195 e. The summed E-state index contributed by atoms with van der Waals surface area (Å²) in [6.45, 7) is 9.79. The number of methoxy groups -OCH3 is 2. The van der Waals surface area contributed by atoms with Gasteiger partial charge in [-0.3, -0.25) is 10.00 Å². The number of hydrogen-bond donors (Lipinski definition) is 1. The predicted molar refractivity (Wildman–Crippen MR) is 124 cm³/mol. The Bertz CT molecular complexity index is 908. The first-order chi connectivity index (χ1) is 15.5. The van der Waals surface area contributed by atoms with Crippen LogP contribution in [0.5, 0.6) is 11.5 Å². The Balaban J connectivity index is 1.90. The van der Waals surface area contributed by atoms with Gasteiger partial charge in [0.2, 0.25) is 0 Å². The SMILES string of the molecule is COCOc1cc(OCOC)c(C(C)C)cc1-c1n[nH]c(=S)n1CCCN1CCOCC1. The van der Waals surface area contributed by atoms with Gasteiger partial charge in [0.25, 0.3) is 0 Å². The zero-order valence-electron chi connectivity index (χ0n) is 19.4. The molecule has 0 spiro atoms. The van der Waals surface area contributed by atoms with E-state index >= 15 is 0 Å². The molecule has 2 aromatic rings. The van der Waals surface area contributed by atoms with Crippen LogP contribution in [0.4, 0.5) is 0 Å². The van der Waals surface area contributed by atoms with Crippen LogP contribution in [-0.4, -0.2) is 80.3 Å². The van der Waals surface area contributed by atoms with Gasteiger partial charge in [0.05, 0.1) is 18.8 Å². The fourth-order valence-corrected chi connectivity index (χ4v) is 3.92. The van der Waals surface area contributed by atoms with Gasteiger partial charge in [0, 0.05) is 46.5 Å². The van der Waals surface area contributed by atoms with Crippen LogP contribution in [0.1, 0.15) is 31.7 Å². The van der Waals surface area contributed by atoms with Crippen LogP contribution in [0.3, 0.4) is 0 Å². The molecule has 0 amide bonds. The zero-order valence-corrected chi connectivity index (χ0v) is 20.2. The van der Waals surface area contributed by atoms with Crippen molar-refractivity contribution < 1.29 is 23.7 Å². The van der Waals surface area contributed by atoms with Gasteiger partial charge < -0.3 is 28.3 Å². The molecule has 10 heteroatoms. The molecule has 178 valence electrons. The third-order valence-electron chi connectivity index (χ3n) is 5.36. The van der Waals surface area contributed by atoms with Crippen molar-refractivity contribution in [2.75, 3.05) is 60.7 Å². The molecule has 0 unspecified atom stereocenters. The fourth-order valence-electron chi connectivity index (χ4n) is 3.70. The Morgan fingerprint density at radius 2 is 1.75 bits per heavy atom. The van der Waals surface area contributed by atoms with Gasteiger partial charge in [-0.15, -0.1) is 0 Å². The molecule has 0 bridgehead atoms. The van der Waals surface area contributed by atoms with Crippen molar-refractivity contribution in [2.45, 2.75) is 32.7 Å². The summed E-state index contributed by atoms with van der Waals surface area (Å²) >= 11 is 5.55. The van der Waals surface area contributed by atoms with Crippen molar-refractivity contribution in [3.8, 4) is 22.9 Å². The highest BCUT2D eigenvalue weighted by atomic mass is 32.1. The maximum atomic E-state index is 5.89. The molecule has 9 nitrogen and oxygen atoms in total. The summed E-state index contributed by atoms with van der Waals surface area (Å²) in [4.78, 5) is 2.42.